The smallest absolute Gasteiger partial charge is 0.337 e. The average molecular weight is 508 g/mol. The number of carboxylic acid groups (broad SMARTS) is 1. The molecule has 3 aromatic rings. The summed E-state index contributed by atoms with van der Waals surface area (Å²) in [6, 6.07) is 13.9. The van der Waals surface area contributed by atoms with Gasteiger partial charge in [0.2, 0.25) is 0 Å². The Bertz CT molecular complexity index is 1420. The van der Waals surface area contributed by atoms with Crippen LogP contribution in [-0.4, -0.2) is 32.6 Å². The number of anilines is 1. The van der Waals surface area contributed by atoms with Crippen molar-refractivity contribution in [3.63, 3.8) is 0 Å². The zero-order valence-corrected chi connectivity index (χ0v) is 20.8. The molecule has 1 aliphatic rings. The molecule has 178 valence electrons. The Kier molecular flexibility index (Phi) is 6.60. The third-order valence-electron chi connectivity index (χ3n) is 5.92. The molecule has 2 aromatic carbocycles. The number of benzene rings is 2. The zero-order chi connectivity index (χ0) is 25.4. The van der Waals surface area contributed by atoms with Crippen LogP contribution in [0.1, 0.15) is 39.8 Å². The van der Waals surface area contributed by atoms with Gasteiger partial charge in [0.25, 0.3) is 11.8 Å². The van der Waals surface area contributed by atoms with Crippen LogP contribution >= 0.6 is 23.8 Å². The molecule has 0 unspecified atom stereocenters. The number of thiocarbonyl (C=S) groups is 1. The van der Waals surface area contributed by atoms with Gasteiger partial charge in [0.05, 0.1) is 16.3 Å². The Hall–Kier alpha value is -3.75. The van der Waals surface area contributed by atoms with Crippen molar-refractivity contribution in [3.8, 4) is 5.69 Å². The molecule has 1 aromatic heterocycles. The van der Waals surface area contributed by atoms with Crippen LogP contribution in [0.25, 0.3) is 11.8 Å². The molecule has 9 heteroatoms. The number of nitrogens with zero attached hydrogens (tertiary/aromatic N) is 2. The summed E-state index contributed by atoms with van der Waals surface area (Å²) in [6.07, 6.45) is 2.40. The largest absolute Gasteiger partial charge is 0.478 e. The summed E-state index contributed by atoms with van der Waals surface area (Å²) in [5.41, 5.74) is 4.55. The van der Waals surface area contributed by atoms with Crippen molar-refractivity contribution in [3.05, 3.63) is 87.2 Å². The van der Waals surface area contributed by atoms with E-state index in [2.05, 4.69) is 5.32 Å². The third-order valence-corrected chi connectivity index (χ3v) is 6.51. The second-order valence-corrected chi connectivity index (χ2v) is 8.90. The van der Waals surface area contributed by atoms with Crippen LogP contribution in [0.15, 0.2) is 54.1 Å². The molecule has 2 heterocycles. The molecule has 7 nitrogen and oxygen atoms in total. The van der Waals surface area contributed by atoms with Crippen LogP contribution < -0.4 is 10.2 Å². The fraction of sp³-hybridized carbons (Fsp3) is 0.154. The second-order valence-electron chi connectivity index (χ2n) is 8.11. The van der Waals surface area contributed by atoms with Crippen molar-refractivity contribution >= 4 is 58.5 Å². The first-order valence-electron chi connectivity index (χ1n) is 10.8. The zero-order valence-electron chi connectivity index (χ0n) is 19.3. The van der Waals surface area contributed by atoms with Crippen molar-refractivity contribution in [2.24, 2.45) is 0 Å². The molecule has 1 saturated heterocycles. The summed E-state index contributed by atoms with van der Waals surface area (Å²) in [7, 11) is 0. The van der Waals surface area contributed by atoms with Gasteiger partial charge in [0, 0.05) is 17.1 Å². The number of carbonyl (C=O) groups is 3. The van der Waals surface area contributed by atoms with Crippen LogP contribution in [0.5, 0.6) is 0 Å². The predicted octanol–water partition coefficient (Wildman–Crippen LogP) is 4.84. The van der Waals surface area contributed by atoms with Crippen molar-refractivity contribution in [2.45, 2.75) is 27.2 Å². The van der Waals surface area contributed by atoms with Gasteiger partial charge < -0.3 is 9.67 Å². The Balaban J connectivity index is 1.74. The van der Waals surface area contributed by atoms with E-state index in [1.165, 1.54) is 11.0 Å². The van der Waals surface area contributed by atoms with Gasteiger partial charge in [0.1, 0.15) is 5.57 Å². The van der Waals surface area contributed by atoms with Crippen LogP contribution in [0.4, 0.5) is 5.69 Å². The molecule has 2 amide bonds. The normalized spacial score (nSPS) is 15.0. The highest BCUT2D eigenvalue weighted by Gasteiger charge is 2.34. The molecule has 2 N–H and O–H groups in total. The highest BCUT2D eigenvalue weighted by Crippen LogP contribution is 2.28. The van der Waals surface area contributed by atoms with Crippen molar-refractivity contribution < 1.29 is 19.5 Å². The number of hydrogen-bond acceptors (Lipinski definition) is 4. The predicted molar refractivity (Wildman–Crippen MR) is 139 cm³/mol. The molecule has 0 saturated carbocycles. The number of aromatic nitrogens is 1. The first-order chi connectivity index (χ1) is 16.6. The van der Waals surface area contributed by atoms with E-state index in [1.54, 1.807) is 30.3 Å². The number of hydrogen-bond donors (Lipinski definition) is 2. The lowest BCUT2D eigenvalue weighted by molar-refractivity contribution is -0.122. The first-order valence-corrected chi connectivity index (χ1v) is 11.6. The van der Waals surface area contributed by atoms with Crippen molar-refractivity contribution in [2.75, 3.05) is 4.90 Å². The van der Waals surface area contributed by atoms with Gasteiger partial charge in [0.15, 0.2) is 5.11 Å². The van der Waals surface area contributed by atoms with E-state index in [0.29, 0.717) is 16.9 Å². The fourth-order valence-corrected chi connectivity index (χ4v) is 4.61. The summed E-state index contributed by atoms with van der Waals surface area (Å²) in [4.78, 5) is 38.7. The van der Waals surface area contributed by atoms with E-state index < -0.39 is 17.8 Å². The number of nitrogens with one attached hydrogen (secondary N) is 1. The molecule has 35 heavy (non-hydrogen) atoms. The highest BCUT2D eigenvalue weighted by molar-refractivity contribution is 7.80. The maximum absolute atomic E-state index is 13.4. The van der Waals surface area contributed by atoms with Gasteiger partial charge in [-0.1, -0.05) is 30.7 Å². The summed E-state index contributed by atoms with van der Waals surface area (Å²) in [5, 5.41) is 12.0. The lowest BCUT2D eigenvalue weighted by atomic mass is 10.1. The Morgan fingerprint density at radius 3 is 2.34 bits per heavy atom. The molecule has 0 spiro atoms. The standard InChI is InChI=1S/C26H22ClN3O4S/c1-4-16-5-7-18(8-6-16)30-24(32)21(23(31)28-26(30)35)12-17-11-14(2)29(15(17)3)19-9-10-20(25(33)34)22(27)13-19/h5-13H,4H2,1-3H3,(H,33,34)(H,28,31,35)/b21-12+. The van der Waals surface area contributed by atoms with Crippen molar-refractivity contribution in [1.29, 1.82) is 0 Å². The molecule has 1 fully saturated rings. The minimum Gasteiger partial charge on any atom is -0.478 e. The Labute approximate surface area is 212 Å². The topological polar surface area (TPSA) is 91.6 Å². The molecule has 0 aliphatic carbocycles. The number of rotatable bonds is 5. The average Bonchev–Trinajstić information content (AvgIpc) is 3.09. The monoisotopic (exact) mass is 507 g/mol. The maximum Gasteiger partial charge on any atom is 0.337 e. The van der Waals surface area contributed by atoms with Crippen molar-refractivity contribution in [1.82, 2.24) is 9.88 Å². The fourth-order valence-electron chi connectivity index (χ4n) is 4.08. The van der Waals surface area contributed by atoms with Gasteiger partial charge in [-0.15, -0.1) is 0 Å². The van der Waals surface area contributed by atoms with E-state index in [9.17, 15) is 19.5 Å². The number of amides is 2. The first kappa shape index (κ1) is 24.4. The van der Waals surface area contributed by atoms with E-state index in [0.717, 1.165) is 23.4 Å². The molecule has 0 atom stereocenters. The van der Waals surface area contributed by atoms with Gasteiger partial charge in [-0.25, -0.2) is 4.79 Å². The number of aryl methyl sites for hydroxylation is 2. The summed E-state index contributed by atoms with van der Waals surface area (Å²) < 4.78 is 1.88. The molecular weight excluding hydrogens is 486 g/mol. The van der Waals surface area contributed by atoms with E-state index in [1.807, 2.05) is 43.5 Å². The minimum atomic E-state index is -1.11. The number of aromatic carboxylic acids is 1. The molecular formula is C26H22ClN3O4S. The van der Waals surface area contributed by atoms with Gasteiger partial charge >= 0.3 is 5.97 Å². The lowest BCUT2D eigenvalue weighted by Gasteiger charge is -2.29. The molecule has 1 aliphatic heterocycles. The maximum atomic E-state index is 13.4. The van der Waals surface area contributed by atoms with Crippen LogP contribution in [0, 0.1) is 13.8 Å². The number of halogens is 1. The van der Waals surface area contributed by atoms with Gasteiger partial charge in [-0.2, -0.15) is 0 Å². The second kappa shape index (κ2) is 9.48. The Morgan fingerprint density at radius 1 is 1.09 bits per heavy atom. The van der Waals surface area contributed by atoms with E-state index in [4.69, 9.17) is 23.8 Å². The number of carbonyl (C=O) groups excluding carboxylic acids is 2. The quantitative estimate of drug-likeness (QED) is 0.293. The van der Waals surface area contributed by atoms with Gasteiger partial charge in [-0.3, -0.25) is 19.8 Å². The summed E-state index contributed by atoms with van der Waals surface area (Å²) in [5.74, 6) is -2.19. The van der Waals surface area contributed by atoms with Crippen LogP contribution in [0.3, 0.4) is 0 Å². The van der Waals surface area contributed by atoms with E-state index in [-0.39, 0.29) is 21.3 Å². The number of carboxylic acids is 1. The molecule has 4 rings (SSSR count). The summed E-state index contributed by atoms with van der Waals surface area (Å²) >= 11 is 11.5. The SMILES string of the molecule is CCc1ccc(N2C(=O)/C(=C/c3cc(C)n(-c4ccc(C(=O)O)c(Cl)c4)c3C)C(=O)NC2=S)cc1. The third kappa shape index (κ3) is 4.50. The summed E-state index contributed by atoms with van der Waals surface area (Å²) in [6.45, 7) is 5.75. The lowest BCUT2D eigenvalue weighted by Crippen LogP contribution is -2.54. The van der Waals surface area contributed by atoms with E-state index >= 15 is 0 Å². The Morgan fingerprint density at radius 2 is 1.74 bits per heavy atom. The molecule has 0 radical (unpaired) electrons. The minimum absolute atomic E-state index is 0.00715. The highest BCUT2D eigenvalue weighted by atomic mass is 35.5. The van der Waals surface area contributed by atoms with Gasteiger partial charge in [-0.05, 0) is 86.1 Å². The molecule has 0 bridgehead atoms. The van der Waals surface area contributed by atoms with Crippen LogP contribution in [-0.2, 0) is 16.0 Å². The van der Waals surface area contributed by atoms with Crippen LogP contribution in [0.2, 0.25) is 5.02 Å².